The SMILES string of the molecule is Cc1ccc(NCc2ccc(-c3cccc(Cl)c3)o2)cc1C. The van der Waals surface area contributed by atoms with E-state index in [1.54, 1.807) is 0 Å². The van der Waals surface area contributed by atoms with Crippen LogP contribution in [0.1, 0.15) is 16.9 Å². The average molecular weight is 312 g/mol. The molecule has 0 radical (unpaired) electrons. The number of halogens is 1. The van der Waals surface area contributed by atoms with Gasteiger partial charge in [0, 0.05) is 16.3 Å². The van der Waals surface area contributed by atoms with Crippen LogP contribution in [0.15, 0.2) is 59.0 Å². The third-order valence-electron chi connectivity index (χ3n) is 3.74. The molecule has 0 unspecified atom stereocenters. The third kappa shape index (κ3) is 3.34. The van der Waals surface area contributed by atoms with Crippen molar-refractivity contribution in [2.75, 3.05) is 5.32 Å². The van der Waals surface area contributed by atoms with E-state index in [2.05, 4.69) is 37.4 Å². The number of anilines is 1. The van der Waals surface area contributed by atoms with Gasteiger partial charge in [0.15, 0.2) is 0 Å². The number of benzene rings is 2. The molecule has 3 heteroatoms. The molecule has 1 heterocycles. The average Bonchev–Trinajstić information content (AvgIpc) is 2.97. The van der Waals surface area contributed by atoms with Crippen LogP contribution in [0.25, 0.3) is 11.3 Å². The maximum atomic E-state index is 6.02. The monoisotopic (exact) mass is 311 g/mol. The lowest BCUT2D eigenvalue weighted by molar-refractivity contribution is 0.531. The number of nitrogens with one attached hydrogen (secondary N) is 1. The van der Waals surface area contributed by atoms with Gasteiger partial charge in [-0.15, -0.1) is 0 Å². The summed E-state index contributed by atoms with van der Waals surface area (Å²) in [4.78, 5) is 0. The number of hydrogen-bond donors (Lipinski definition) is 1. The number of furan rings is 1. The summed E-state index contributed by atoms with van der Waals surface area (Å²) >= 11 is 6.02. The van der Waals surface area contributed by atoms with Gasteiger partial charge in [-0.2, -0.15) is 0 Å². The van der Waals surface area contributed by atoms with Crippen molar-refractivity contribution in [2.45, 2.75) is 20.4 Å². The van der Waals surface area contributed by atoms with Crippen LogP contribution < -0.4 is 5.32 Å². The molecule has 0 atom stereocenters. The quantitative estimate of drug-likeness (QED) is 0.656. The van der Waals surface area contributed by atoms with Crippen LogP contribution in [0.2, 0.25) is 5.02 Å². The second-order valence-electron chi connectivity index (χ2n) is 5.43. The summed E-state index contributed by atoms with van der Waals surface area (Å²) in [6.07, 6.45) is 0. The first-order valence-corrected chi connectivity index (χ1v) is 7.65. The molecule has 0 bridgehead atoms. The summed E-state index contributed by atoms with van der Waals surface area (Å²) in [5.41, 5.74) is 4.67. The molecule has 0 aliphatic rings. The Morgan fingerprint density at radius 1 is 0.955 bits per heavy atom. The molecule has 2 aromatic carbocycles. The molecule has 0 amide bonds. The van der Waals surface area contributed by atoms with E-state index in [0.717, 1.165) is 22.8 Å². The van der Waals surface area contributed by atoms with E-state index in [0.29, 0.717) is 11.6 Å². The highest BCUT2D eigenvalue weighted by atomic mass is 35.5. The number of rotatable bonds is 4. The first-order chi connectivity index (χ1) is 10.6. The normalized spacial score (nSPS) is 10.7. The highest BCUT2D eigenvalue weighted by Crippen LogP contribution is 2.25. The standard InChI is InChI=1S/C19H18ClNO/c1-13-6-7-17(10-14(13)2)21-12-18-8-9-19(22-18)15-4-3-5-16(20)11-15/h3-11,21H,12H2,1-2H3. The van der Waals surface area contributed by atoms with E-state index in [1.807, 2.05) is 36.4 Å². The molecule has 3 rings (SSSR count). The summed E-state index contributed by atoms with van der Waals surface area (Å²) in [6, 6.07) is 18.0. The van der Waals surface area contributed by atoms with Crippen molar-refractivity contribution < 1.29 is 4.42 Å². The molecule has 0 aliphatic carbocycles. The second kappa shape index (κ2) is 6.29. The lowest BCUT2D eigenvalue weighted by atomic mass is 10.1. The minimum Gasteiger partial charge on any atom is -0.459 e. The molecular formula is C19H18ClNO. The van der Waals surface area contributed by atoms with Crippen LogP contribution in [0.3, 0.4) is 0 Å². The van der Waals surface area contributed by atoms with Crippen LogP contribution in [0.5, 0.6) is 0 Å². The van der Waals surface area contributed by atoms with Gasteiger partial charge in [-0.1, -0.05) is 29.8 Å². The van der Waals surface area contributed by atoms with Gasteiger partial charge in [-0.25, -0.2) is 0 Å². The maximum absolute atomic E-state index is 6.02. The minimum absolute atomic E-state index is 0.656. The summed E-state index contributed by atoms with van der Waals surface area (Å²) < 4.78 is 5.88. The van der Waals surface area contributed by atoms with Gasteiger partial charge < -0.3 is 9.73 Å². The van der Waals surface area contributed by atoms with E-state index in [9.17, 15) is 0 Å². The number of aryl methyl sites for hydroxylation is 2. The Hall–Kier alpha value is -2.19. The summed E-state index contributed by atoms with van der Waals surface area (Å²) in [5, 5.41) is 4.10. The first-order valence-electron chi connectivity index (χ1n) is 7.27. The molecule has 0 spiro atoms. The minimum atomic E-state index is 0.656. The lowest BCUT2D eigenvalue weighted by Crippen LogP contribution is -1.98. The molecule has 3 aromatic rings. The van der Waals surface area contributed by atoms with Gasteiger partial charge in [0.1, 0.15) is 11.5 Å². The van der Waals surface area contributed by atoms with Crippen molar-refractivity contribution in [2.24, 2.45) is 0 Å². The Bertz CT molecular complexity index is 792. The summed E-state index contributed by atoms with van der Waals surface area (Å²) in [5.74, 6) is 1.73. The van der Waals surface area contributed by atoms with E-state index in [4.69, 9.17) is 16.0 Å². The fraction of sp³-hybridized carbons (Fsp3) is 0.158. The van der Waals surface area contributed by atoms with Crippen molar-refractivity contribution in [3.8, 4) is 11.3 Å². The predicted molar refractivity (Wildman–Crippen MR) is 92.4 cm³/mol. The molecule has 1 N–H and O–H groups in total. The smallest absolute Gasteiger partial charge is 0.134 e. The van der Waals surface area contributed by atoms with Gasteiger partial charge in [0.2, 0.25) is 0 Å². The molecule has 22 heavy (non-hydrogen) atoms. The van der Waals surface area contributed by atoms with Crippen molar-refractivity contribution in [1.82, 2.24) is 0 Å². The van der Waals surface area contributed by atoms with E-state index in [1.165, 1.54) is 11.1 Å². The Balaban J connectivity index is 1.70. The molecule has 0 saturated carbocycles. The van der Waals surface area contributed by atoms with E-state index < -0.39 is 0 Å². The zero-order valence-corrected chi connectivity index (χ0v) is 13.4. The molecule has 2 nitrogen and oxygen atoms in total. The van der Waals surface area contributed by atoms with Crippen LogP contribution in [0, 0.1) is 13.8 Å². The molecule has 112 valence electrons. The zero-order valence-electron chi connectivity index (χ0n) is 12.7. The number of hydrogen-bond acceptors (Lipinski definition) is 2. The van der Waals surface area contributed by atoms with Crippen molar-refractivity contribution in [3.05, 3.63) is 76.5 Å². The van der Waals surface area contributed by atoms with E-state index >= 15 is 0 Å². The van der Waals surface area contributed by atoms with Gasteiger partial charge in [-0.05, 0) is 61.4 Å². The first kappa shape index (κ1) is 14.7. The largest absolute Gasteiger partial charge is 0.459 e. The molecule has 1 aromatic heterocycles. The highest BCUT2D eigenvalue weighted by molar-refractivity contribution is 6.30. The second-order valence-corrected chi connectivity index (χ2v) is 5.87. The van der Waals surface area contributed by atoms with Crippen LogP contribution in [-0.4, -0.2) is 0 Å². The molecule has 0 aliphatic heterocycles. The van der Waals surface area contributed by atoms with Gasteiger partial charge in [-0.3, -0.25) is 0 Å². The topological polar surface area (TPSA) is 25.2 Å². The maximum Gasteiger partial charge on any atom is 0.134 e. The zero-order chi connectivity index (χ0) is 15.5. The summed E-state index contributed by atoms with van der Waals surface area (Å²) in [7, 11) is 0. The van der Waals surface area contributed by atoms with Crippen molar-refractivity contribution in [3.63, 3.8) is 0 Å². The Kier molecular flexibility index (Phi) is 4.21. The van der Waals surface area contributed by atoms with Gasteiger partial charge in [0.05, 0.1) is 6.54 Å². The van der Waals surface area contributed by atoms with E-state index in [-0.39, 0.29) is 0 Å². The van der Waals surface area contributed by atoms with Crippen molar-refractivity contribution in [1.29, 1.82) is 0 Å². The van der Waals surface area contributed by atoms with Gasteiger partial charge >= 0.3 is 0 Å². The predicted octanol–water partition coefficient (Wildman–Crippen LogP) is 5.83. The Morgan fingerprint density at radius 3 is 2.59 bits per heavy atom. The van der Waals surface area contributed by atoms with Crippen LogP contribution in [-0.2, 0) is 6.54 Å². The third-order valence-corrected chi connectivity index (χ3v) is 3.98. The summed E-state index contributed by atoms with van der Waals surface area (Å²) in [6.45, 7) is 4.89. The van der Waals surface area contributed by atoms with Crippen molar-refractivity contribution >= 4 is 17.3 Å². The molecule has 0 fully saturated rings. The van der Waals surface area contributed by atoms with Gasteiger partial charge in [0.25, 0.3) is 0 Å². The lowest BCUT2D eigenvalue weighted by Gasteiger charge is -2.07. The molecule has 0 saturated heterocycles. The van der Waals surface area contributed by atoms with Crippen LogP contribution in [0.4, 0.5) is 5.69 Å². The highest BCUT2D eigenvalue weighted by Gasteiger charge is 2.05. The molecular weight excluding hydrogens is 294 g/mol. The fourth-order valence-electron chi connectivity index (χ4n) is 2.31. The Labute approximate surface area is 135 Å². The van der Waals surface area contributed by atoms with Crippen LogP contribution >= 0.6 is 11.6 Å². The fourth-order valence-corrected chi connectivity index (χ4v) is 2.50. The Morgan fingerprint density at radius 2 is 1.82 bits per heavy atom.